The van der Waals surface area contributed by atoms with Gasteiger partial charge < -0.3 is 9.73 Å². The van der Waals surface area contributed by atoms with Crippen molar-refractivity contribution < 1.29 is 9.21 Å². The third kappa shape index (κ3) is 4.40. The molecule has 0 unspecified atom stereocenters. The van der Waals surface area contributed by atoms with Crippen LogP contribution in [0.3, 0.4) is 0 Å². The molecular formula is C17H19BrN2O2S. The summed E-state index contributed by atoms with van der Waals surface area (Å²) >= 11 is 5.36. The largest absolute Gasteiger partial charge is 0.472 e. The maximum absolute atomic E-state index is 12.3. The monoisotopic (exact) mass is 394 g/mol. The lowest BCUT2D eigenvalue weighted by Gasteiger charge is -2.34. The molecule has 1 saturated heterocycles. The van der Waals surface area contributed by atoms with Crippen LogP contribution in [0.25, 0.3) is 0 Å². The topological polar surface area (TPSA) is 45.5 Å². The lowest BCUT2D eigenvalue weighted by atomic mass is 10.1. The summed E-state index contributed by atoms with van der Waals surface area (Å²) in [5, 5.41) is 3.06. The number of hydrogen-bond donors (Lipinski definition) is 1. The molecule has 1 aliphatic heterocycles. The molecule has 1 aromatic heterocycles. The van der Waals surface area contributed by atoms with Crippen molar-refractivity contribution in [3.05, 3.63) is 58.5 Å². The molecule has 23 heavy (non-hydrogen) atoms. The van der Waals surface area contributed by atoms with Crippen LogP contribution in [0.1, 0.15) is 22.0 Å². The second kappa shape index (κ2) is 8.04. The molecule has 6 heteroatoms. The standard InChI is InChI=1S/C17H19BrN2O2S/c18-15-3-1-13(2-4-15)17(21)19-11-16(14-5-8-22-12-14)20-6-9-23-10-7-20/h1-5,8,12,16H,6-7,9-11H2,(H,19,21)/t16-/m0/s1. The molecule has 122 valence electrons. The predicted octanol–water partition coefficient (Wildman–Crippen LogP) is 3.56. The molecule has 0 bridgehead atoms. The van der Waals surface area contributed by atoms with E-state index in [-0.39, 0.29) is 11.9 Å². The molecule has 2 aromatic rings. The Morgan fingerprint density at radius 3 is 2.65 bits per heavy atom. The zero-order valence-corrected chi connectivity index (χ0v) is 15.1. The van der Waals surface area contributed by atoms with Crippen LogP contribution >= 0.6 is 27.7 Å². The Labute approximate surface area is 148 Å². The van der Waals surface area contributed by atoms with E-state index in [1.54, 1.807) is 12.5 Å². The van der Waals surface area contributed by atoms with Crippen LogP contribution in [0.2, 0.25) is 0 Å². The van der Waals surface area contributed by atoms with Gasteiger partial charge in [0, 0.05) is 46.7 Å². The Bertz CT molecular complexity index is 625. The van der Waals surface area contributed by atoms with Gasteiger partial charge in [-0.1, -0.05) is 15.9 Å². The molecule has 0 saturated carbocycles. The fraction of sp³-hybridized carbons (Fsp3) is 0.353. The van der Waals surface area contributed by atoms with E-state index < -0.39 is 0 Å². The first-order valence-electron chi connectivity index (χ1n) is 7.62. The van der Waals surface area contributed by atoms with Gasteiger partial charge in [-0.05, 0) is 30.3 Å². The van der Waals surface area contributed by atoms with Gasteiger partial charge in [0.1, 0.15) is 0 Å². The molecule has 3 rings (SSSR count). The first-order valence-corrected chi connectivity index (χ1v) is 9.56. The molecule has 1 N–H and O–H groups in total. The Morgan fingerprint density at radius 2 is 2.00 bits per heavy atom. The molecule has 1 fully saturated rings. The molecule has 1 atom stereocenters. The second-order valence-corrected chi connectivity index (χ2v) is 7.58. The third-order valence-electron chi connectivity index (χ3n) is 3.98. The minimum absolute atomic E-state index is 0.0441. The van der Waals surface area contributed by atoms with Crippen LogP contribution in [0, 0.1) is 0 Å². The van der Waals surface area contributed by atoms with Gasteiger partial charge in [0.05, 0.1) is 18.6 Å². The highest BCUT2D eigenvalue weighted by molar-refractivity contribution is 9.10. The molecule has 1 aliphatic rings. The molecule has 1 aromatic carbocycles. The number of rotatable bonds is 5. The first kappa shape index (κ1) is 16.6. The minimum atomic E-state index is -0.0441. The number of thioether (sulfide) groups is 1. The zero-order chi connectivity index (χ0) is 16.1. The lowest BCUT2D eigenvalue weighted by Crippen LogP contribution is -2.41. The Kier molecular flexibility index (Phi) is 5.80. The van der Waals surface area contributed by atoms with Gasteiger partial charge in [-0.15, -0.1) is 0 Å². The van der Waals surface area contributed by atoms with Gasteiger partial charge in [-0.25, -0.2) is 0 Å². The van der Waals surface area contributed by atoms with E-state index in [0.717, 1.165) is 34.6 Å². The van der Waals surface area contributed by atoms with Crippen molar-refractivity contribution in [2.24, 2.45) is 0 Å². The van der Waals surface area contributed by atoms with Crippen LogP contribution in [-0.2, 0) is 0 Å². The van der Waals surface area contributed by atoms with E-state index in [2.05, 4.69) is 26.1 Å². The number of nitrogens with one attached hydrogen (secondary N) is 1. The van der Waals surface area contributed by atoms with E-state index in [1.807, 2.05) is 42.1 Å². The van der Waals surface area contributed by atoms with Crippen molar-refractivity contribution in [1.82, 2.24) is 10.2 Å². The highest BCUT2D eigenvalue weighted by atomic mass is 79.9. The van der Waals surface area contributed by atoms with E-state index in [0.29, 0.717) is 12.1 Å². The van der Waals surface area contributed by atoms with Crippen LogP contribution in [0.5, 0.6) is 0 Å². The van der Waals surface area contributed by atoms with Gasteiger partial charge in [-0.3, -0.25) is 9.69 Å². The summed E-state index contributed by atoms with van der Waals surface area (Å²) in [6, 6.07) is 9.55. The van der Waals surface area contributed by atoms with Crippen molar-refractivity contribution in [2.45, 2.75) is 6.04 Å². The number of carbonyl (C=O) groups excluding carboxylic acids is 1. The average molecular weight is 395 g/mol. The number of nitrogens with zero attached hydrogens (tertiary/aromatic N) is 1. The first-order chi connectivity index (χ1) is 11.2. The summed E-state index contributed by atoms with van der Waals surface area (Å²) in [6.07, 6.45) is 3.47. The van der Waals surface area contributed by atoms with Gasteiger partial charge in [0.2, 0.25) is 0 Å². The Morgan fingerprint density at radius 1 is 1.26 bits per heavy atom. The SMILES string of the molecule is O=C(NC[C@@H](c1ccoc1)N1CCSCC1)c1ccc(Br)cc1. The lowest BCUT2D eigenvalue weighted by molar-refractivity contribution is 0.0934. The van der Waals surface area contributed by atoms with Crippen LogP contribution in [-0.4, -0.2) is 41.9 Å². The van der Waals surface area contributed by atoms with Crippen molar-refractivity contribution in [2.75, 3.05) is 31.1 Å². The molecule has 0 spiro atoms. The van der Waals surface area contributed by atoms with Gasteiger partial charge >= 0.3 is 0 Å². The Hall–Kier alpha value is -1.24. The second-order valence-electron chi connectivity index (χ2n) is 5.44. The van der Waals surface area contributed by atoms with Gasteiger partial charge in [-0.2, -0.15) is 11.8 Å². The predicted molar refractivity (Wildman–Crippen MR) is 96.8 cm³/mol. The van der Waals surface area contributed by atoms with Crippen molar-refractivity contribution >= 4 is 33.6 Å². The number of benzene rings is 1. The molecular weight excluding hydrogens is 376 g/mol. The number of amides is 1. The number of hydrogen-bond acceptors (Lipinski definition) is 4. The minimum Gasteiger partial charge on any atom is -0.472 e. The normalized spacial score (nSPS) is 16.9. The molecule has 2 heterocycles. The number of furan rings is 1. The zero-order valence-electron chi connectivity index (χ0n) is 12.7. The fourth-order valence-corrected chi connectivity index (χ4v) is 3.90. The summed E-state index contributed by atoms with van der Waals surface area (Å²) < 4.78 is 6.21. The highest BCUT2D eigenvalue weighted by Crippen LogP contribution is 2.24. The van der Waals surface area contributed by atoms with Gasteiger partial charge in [0.15, 0.2) is 0 Å². The summed E-state index contributed by atoms with van der Waals surface area (Å²) in [7, 11) is 0. The molecule has 0 radical (unpaired) electrons. The van der Waals surface area contributed by atoms with Crippen LogP contribution < -0.4 is 5.32 Å². The fourth-order valence-electron chi connectivity index (χ4n) is 2.70. The third-order valence-corrected chi connectivity index (χ3v) is 5.45. The van der Waals surface area contributed by atoms with E-state index in [4.69, 9.17) is 4.42 Å². The van der Waals surface area contributed by atoms with Crippen LogP contribution in [0.4, 0.5) is 0 Å². The summed E-state index contributed by atoms with van der Waals surface area (Å²) in [5.74, 6) is 2.22. The summed E-state index contributed by atoms with van der Waals surface area (Å²) in [6.45, 7) is 2.66. The maximum Gasteiger partial charge on any atom is 0.251 e. The summed E-state index contributed by atoms with van der Waals surface area (Å²) in [5.41, 5.74) is 1.79. The van der Waals surface area contributed by atoms with Crippen molar-refractivity contribution in [3.8, 4) is 0 Å². The maximum atomic E-state index is 12.3. The summed E-state index contributed by atoms with van der Waals surface area (Å²) in [4.78, 5) is 14.8. The van der Waals surface area contributed by atoms with Crippen molar-refractivity contribution in [3.63, 3.8) is 0 Å². The average Bonchev–Trinajstić information content (AvgIpc) is 3.11. The quantitative estimate of drug-likeness (QED) is 0.841. The van der Waals surface area contributed by atoms with Crippen molar-refractivity contribution in [1.29, 1.82) is 0 Å². The number of carbonyl (C=O) groups is 1. The van der Waals surface area contributed by atoms with E-state index in [9.17, 15) is 4.79 Å². The molecule has 0 aliphatic carbocycles. The van der Waals surface area contributed by atoms with Gasteiger partial charge in [0.25, 0.3) is 5.91 Å². The molecule has 1 amide bonds. The number of halogens is 1. The Balaban J connectivity index is 1.66. The van der Waals surface area contributed by atoms with Crippen LogP contribution in [0.15, 0.2) is 51.7 Å². The highest BCUT2D eigenvalue weighted by Gasteiger charge is 2.24. The van der Waals surface area contributed by atoms with E-state index in [1.165, 1.54) is 0 Å². The molecule has 4 nitrogen and oxygen atoms in total. The van der Waals surface area contributed by atoms with E-state index >= 15 is 0 Å². The smallest absolute Gasteiger partial charge is 0.251 e.